The van der Waals surface area contributed by atoms with E-state index in [2.05, 4.69) is 0 Å². The van der Waals surface area contributed by atoms with Crippen LogP contribution in [0.4, 0.5) is 0 Å². The van der Waals surface area contributed by atoms with Gasteiger partial charge < -0.3 is 0 Å². The number of halogens is 1. The van der Waals surface area contributed by atoms with Crippen molar-refractivity contribution in [2.45, 2.75) is 56.0 Å². The van der Waals surface area contributed by atoms with E-state index in [1.165, 1.54) is 12.1 Å². The highest BCUT2D eigenvalue weighted by Crippen LogP contribution is 2.51. The van der Waals surface area contributed by atoms with Gasteiger partial charge >= 0.3 is 0 Å². The first-order valence-corrected chi connectivity index (χ1v) is 14.2. The van der Waals surface area contributed by atoms with Crippen LogP contribution in [-0.4, -0.2) is 29.5 Å². The first-order chi connectivity index (χ1) is 18.1. The lowest BCUT2D eigenvalue weighted by Crippen LogP contribution is -2.52. The molecular formula is C29H27ClN2O5S. The van der Waals surface area contributed by atoms with Crippen molar-refractivity contribution in [1.82, 2.24) is 4.31 Å². The van der Waals surface area contributed by atoms with Crippen LogP contribution in [-0.2, 0) is 14.8 Å². The first-order valence-electron chi connectivity index (χ1n) is 12.4. The number of rotatable bonds is 5. The summed E-state index contributed by atoms with van der Waals surface area (Å²) in [4.78, 5) is 26.0. The summed E-state index contributed by atoms with van der Waals surface area (Å²) in [5.41, 5.74) is 3.48. The predicted octanol–water partition coefficient (Wildman–Crippen LogP) is 6.14. The fourth-order valence-electron chi connectivity index (χ4n) is 5.57. The van der Waals surface area contributed by atoms with Gasteiger partial charge in [0.05, 0.1) is 10.8 Å². The third-order valence-electron chi connectivity index (χ3n) is 7.39. The first kappa shape index (κ1) is 26.1. The average molecular weight is 551 g/mol. The number of ketones is 1. The van der Waals surface area contributed by atoms with Gasteiger partial charge in [0.1, 0.15) is 6.04 Å². The second kappa shape index (κ2) is 10.0. The number of aryl methyl sites for hydroxylation is 2. The van der Waals surface area contributed by atoms with Gasteiger partial charge in [-0.2, -0.15) is 0 Å². The van der Waals surface area contributed by atoms with Crippen molar-refractivity contribution in [3.05, 3.63) is 121 Å². The lowest BCUT2D eigenvalue weighted by atomic mass is 9.72. The molecule has 0 N–H and O–H groups in total. The zero-order valence-corrected chi connectivity index (χ0v) is 22.6. The zero-order valence-electron chi connectivity index (χ0n) is 21.0. The Hall–Kier alpha value is -3.49. The molecule has 0 aromatic heterocycles. The van der Waals surface area contributed by atoms with Crippen LogP contribution >= 0.6 is 11.6 Å². The number of benzene rings is 3. The van der Waals surface area contributed by atoms with Crippen molar-refractivity contribution in [1.29, 1.82) is 0 Å². The third kappa shape index (κ3) is 4.52. The van der Waals surface area contributed by atoms with Crippen molar-refractivity contribution < 1.29 is 18.1 Å². The second-order valence-corrected chi connectivity index (χ2v) is 12.2. The van der Waals surface area contributed by atoms with Gasteiger partial charge in [-0.15, -0.1) is 0 Å². The zero-order chi connectivity index (χ0) is 27.2. The van der Waals surface area contributed by atoms with Crippen LogP contribution in [0.2, 0.25) is 5.02 Å². The number of hydrogen-bond donors (Lipinski definition) is 0. The van der Waals surface area contributed by atoms with Gasteiger partial charge in [0.2, 0.25) is 6.04 Å². The smallest absolute Gasteiger partial charge is 0.264 e. The van der Waals surface area contributed by atoms with Crippen LogP contribution < -0.4 is 0 Å². The Labute approximate surface area is 226 Å². The molecule has 38 heavy (non-hydrogen) atoms. The predicted molar refractivity (Wildman–Crippen MR) is 145 cm³/mol. The summed E-state index contributed by atoms with van der Waals surface area (Å²) in [6, 6.07) is 17.5. The molecular weight excluding hydrogens is 524 g/mol. The van der Waals surface area contributed by atoms with Crippen molar-refractivity contribution in [2.24, 2.45) is 0 Å². The van der Waals surface area contributed by atoms with Gasteiger partial charge in [-0.1, -0.05) is 71.3 Å². The number of sulfonamides is 1. The Kier molecular flexibility index (Phi) is 6.88. The molecule has 0 unspecified atom stereocenters. The summed E-state index contributed by atoms with van der Waals surface area (Å²) in [5.74, 6) is -1.15. The van der Waals surface area contributed by atoms with Crippen molar-refractivity contribution in [3.8, 4) is 0 Å². The van der Waals surface area contributed by atoms with Gasteiger partial charge in [-0.25, -0.2) is 8.42 Å². The lowest BCUT2D eigenvalue weighted by Gasteiger charge is -2.45. The molecule has 3 aromatic rings. The third-order valence-corrected chi connectivity index (χ3v) is 9.48. The fraction of sp³-hybridized carbons (Fsp3) is 0.276. The van der Waals surface area contributed by atoms with E-state index in [9.17, 15) is 23.3 Å². The normalized spacial score (nSPS) is 21.8. The largest absolute Gasteiger partial charge is 0.294 e. The van der Waals surface area contributed by atoms with Gasteiger partial charge in [-0.3, -0.25) is 19.2 Å². The molecule has 5 rings (SSSR count). The van der Waals surface area contributed by atoms with E-state index in [1.807, 2.05) is 26.0 Å². The molecule has 1 aliphatic carbocycles. The highest BCUT2D eigenvalue weighted by atomic mass is 35.5. The number of hydrogen-bond acceptors (Lipinski definition) is 5. The molecule has 0 bridgehead atoms. The summed E-state index contributed by atoms with van der Waals surface area (Å²) in [7, 11) is -4.27. The Morgan fingerprint density at radius 2 is 1.42 bits per heavy atom. The number of Topliss-reactive ketones (excluding diaryl/α,β-unsaturated/α-hetero) is 1. The molecule has 0 spiro atoms. The minimum absolute atomic E-state index is 0.0165. The maximum atomic E-state index is 14.3. The summed E-state index contributed by atoms with van der Waals surface area (Å²) in [5, 5.41) is 13.3. The molecule has 1 heterocycles. The van der Waals surface area contributed by atoms with E-state index in [4.69, 9.17) is 11.6 Å². The van der Waals surface area contributed by atoms with E-state index in [0.29, 0.717) is 34.7 Å². The topological polar surface area (TPSA) is 97.6 Å². The summed E-state index contributed by atoms with van der Waals surface area (Å²) in [6.45, 7) is 3.77. The summed E-state index contributed by atoms with van der Waals surface area (Å²) < 4.78 is 29.8. The number of carbonyl (C=O) groups excluding carboxylic acids is 1. The highest BCUT2D eigenvalue weighted by molar-refractivity contribution is 7.89. The molecule has 1 aliphatic heterocycles. The minimum Gasteiger partial charge on any atom is -0.294 e. The number of allylic oxidation sites excluding steroid dienone is 1. The molecule has 3 atom stereocenters. The van der Waals surface area contributed by atoms with Crippen molar-refractivity contribution in [2.75, 3.05) is 0 Å². The van der Waals surface area contributed by atoms with Gasteiger partial charge in [0, 0.05) is 27.6 Å². The standard InChI is InChI=1S/C29H27ClN2O5S/c1-18-6-10-20(11-7-18)26-27-24(4-3-5-25(27)33)31(38(36,37)23-16-8-19(2)9-17-23)28(29(26)32(34)35)21-12-14-22(30)15-13-21/h6-17,26,28-29H,3-5H2,1-2H3/t26-,28-,29+/m1/s1. The van der Waals surface area contributed by atoms with Crippen molar-refractivity contribution >= 4 is 27.4 Å². The molecule has 0 fully saturated rings. The summed E-state index contributed by atoms with van der Waals surface area (Å²) >= 11 is 6.14. The van der Waals surface area contributed by atoms with Crippen LogP contribution in [0.3, 0.4) is 0 Å². The van der Waals surface area contributed by atoms with Crippen molar-refractivity contribution in [3.63, 3.8) is 0 Å². The molecule has 0 amide bonds. The summed E-state index contributed by atoms with van der Waals surface area (Å²) in [6.07, 6.45) is 1.01. The Morgan fingerprint density at radius 1 is 0.868 bits per heavy atom. The van der Waals surface area contributed by atoms with Crippen LogP contribution in [0.1, 0.15) is 53.5 Å². The maximum absolute atomic E-state index is 14.3. The Morgan fingerprint density at radius 3 is 2.00 bits per heavy atom. The molecule has 0 radical (unpaired) electrons. The molecule has 196 valence electrons. The monoisotopic (exact) mass is 550 g/mol. The molecule has 3 aromatic carbocycles. The quantitative estimate of drug-likeness (QED) is 0.281. The van der Waals surface area contributed by atoms with Crippen LogP contribution in [0.15, 0.2) is 89.0 Å². The molecule has 2 aliphatic rings. The van der Waals surface area contributed by atoms with Gasteiger partial charge in [0.15, 0.2) is 5.78 Å². The van der Waals surface area contributed by atoms with Crippen LogP contribution in [0, 0.1) is 24.0 Å². The number of nitro groups is 1. The highest BCUT2D eigenvalue weighted by Gasteiger charge is 2.56. The SMILES string of the molecule is Cc1ccc([C@@H]2C3=C(CCCC3=O)N(S(=O)(=O)c3ccc(C)cc3)[C@H](c3ccc(Cl)cc3)[C@H]2[N+](=O)[O-])cc1. The Balaban J connectivity index is 1.85. The molecule has 7 nitrogen and oxygen atoms in total. The van der Waals surface area contributed by atoms with E-state index in [1.54, 1.807) is 48.5 Å². The van der Waals surface area contributed by atoms with E-state index in [0.717, 1.165) is 15.4 Å². The number of nitrogens with zero attached hydrogens (tertiary/aromatic N) is 2. The second-order valence-electron chi connectivity index (χ2n) is 9.91. The van der Waals surface area contributed by atoms with Gasteiger partial charge in [-0.05, 0) is 62.1 Å². The van der Waals surface area contributed by atoms with Gasteiger partial charge in [0.25, 0.3) is 10.0 Å². The molecule has 0 saturated heterocycles. The minimum atomic E-state index is -4.27. The van der Waals surface area contributed by atoms with Crippen LogP contribution in [0.5, 0.6) is 0 Å². The van der Waals surface area contributed by atoms with E-state index < -0.39 is 32.9 Å². The molecule has 0 saturated carbocycles. The fourth-order valence-corrected chi connectivity index (χ4v) is 7.43. The van der Waals surface area contributed by atoms with E-state index in [-0.39, 0.29) is 22.7 Å². The maximum Gasteiger partial charge on any atom is 0.264 e. The Bertz CT molecular complexity index is 1530. The van der Waals surface area contributed by atoms with E-state index >= 15 is 0 Å². The lowest BCUT2D eigenvalue weighted by molar-refractivity contribution is -0.534. The number of carbonyl (C=O) groups is 1. The van der Waals surface area contributed by atoms with Crippen LogP contribution in [0.25, 0.3) is 0 Å². The average Bonchev–Trinajstić information content (AvgIpc) is 2.88. The molecule has 9 heteroatoms.